The number of nitrogens with one attached hydrogen (secondary N) is 2. The summed E-state index contributed by atoms with van der Waals surface area (Å²) in [6.07, 6.45) is 10.6. The van der Waals surface area contributed by atoms with E-state index < -0.39 is 0 Å². The molecule has 0 aromatic rings. The molecule has 0 spiro atoms. The second-order valence-electron chi connectivity index (χ2n) is 4.53. The van der Waals surface area contributed by atoms with Crippen LogP contribution in [0.1, 0.15) is 38.5 Å². The minimum atomic E-state index is 0.735. The minimum absolute atomic E-state index is 0.735. The predicted molar refractivity (Wildman–Crippen MR) is 60.4 cm³/mol. The first-order valence-corrected chi connectivity index (χ1v) is 6.07. The van der Waals surface area contributed by atoms with E-state index in [1.807, 2.05) is 0 Å². The van der Waals surface area contributed by atoms with Crippen molar-refractivity contribution in [1.82, 2.24) is 10.6 Å². The van der Waals surface area contributed by atoms with Gasteiger partial charge in [-0.1, -0.05) is 11.6 Å². The van der Waals surface area contributed by atoms with Crippen molar-refractivity contribution < 1.29 is 0 Å². The van der Waals surface area contributed by atoms with E-state index in [0.717, 1.165) is 19.1 Å². The van der Waals surface area contributed by atoms with Gasteiger partial charge in [-0.15, -0.1) is 0 Å². The van der Waals surface area contributed by atoms with Crippen LogP contribution in [0.2, 0.25) is 0 Å². The lowest BCUT2D eigenvalue weighted by molar-refractivity contribution is 0.542. The molecule has 0 aromatic carbocycles. The van der Waals surface area contributed by atoms with Gasteiger partial charge >= 0.3 is 0 Å². The monoisotopic (exact) mass is 194 g/mol. The van der Waals surface area contributed by atoms with E-state index >= 15 is 0 Å². The van der Waals surface area contributed by atoms with Crippen LogP contribution in [-0.2, 0) is 0 Å². The SMILES string of the molecule is C1=C(CNCC2CCCN2)CCCC1. The lowest BCUT2D eigenvalue weighted by Gasteiger charge is -2.15. The molecule has 1 fully saturated rings. The van der Waals surface area contributed by atoms with Crippen molar-refractivity contribution in [1.29, 1.82) is 0 Å². The van der Waals surface area contributed by atoms with Crippen LogP contribution >= 0.6 is 0 Å². The van der Waals surface area contributed by atoms with Gasteiger partial charge in [0.2, 0.25) is 0 Å². The van der Waals surface area contributed by atoms with E-state index in [-0.39, 0.29) is 0 Å². The third-order valence-electron chi connectivity index (χ3n) is 3.29. The highest BCUT2D eigenvalue weighted by atomic mass is 15.0. The lowest BCUT2D eigenvalue weighted by atomic mass is 10.00. The third kappa shape index (κ3) is 3.10. The Bertz CT molecular complexity index is 192. The van der Waals surface area contributed by atoms with Gasteiger partial charge in [-0.05, 0) is 45.1 Å². The molecule has 1 heterocycles. The molecular formula is C12H22N2. The van der Waals surface area contributed by atoms with Gasteiger partial charge in [0, 0.05) is 19.1 Å². The Morgan fingerprint density at radius 3 is 3.07 bits per heavy atom. The van der Waals surface area contributed by atoms with Crippen LogP contribution in [0.3, 0.4) is 0 Å². The maximum atomic E-state index is 3.57. The van der Waals surface area contributed by atoms with E-state index in [0.29, 0.717) is 0 Å². The summed E-state index contributed by atoms with van der Waals surface area (Å²) in [7, 11) is 0. The maximum Gasteiger partial charge on any atom is 0.0193 e. The summed E-state index contributed by atoms with van der Waals surface area (Å²) in [4.78, 5) is 0. The highest BCUT2D eigenvalue weighted by molar-refractivity contribution is 5.06. The van der Waals surface area contributed by atoms with Crippen LogP contribution in [0.4, 0.5) is 0 Å². The quantitative estimate of drug-likeness (QED) is 0.667. The molecule has 2 nitrogen and oxygen atoms in total. The van der Waals surface area contributed by atoms with E-state index in [1.165, 1.54) is 45.1 Å². The molecule has 1 saturated heterocycles. The molecule has 2 heteroatoms. The predicted octanol–water partition coefficient (Wildman–Crippen LogP) is 1.83. The van der Waals surface area contributed by atoms with Crippen molar-refractivity contribution in [3.05, 3.63) is 11.6 Å². The van der Waals surface area contributed by atoms with Gasteiger partial charge in [-0.2, -0.15) is 0 Å². The molecule has 80 valence electrons. The van der Waals surface area contributed by atoms with Gasteiger partial charge < -0.3 is 10.6 Å². The Kier molecular flexibility index (Phi) is 4.02. The number of rotatable bonds is 4. The molecule has 1 atom stereocenters. The van der Waals surface area contributed by atoms with Crippen molar-refractivity contribution in [2.45, 2.75) is 44.6 Å². The Hall–Kier alpha value is -0.340. The van der Waals surface area contributed by atoms with Crippen molar-refractivity contribution in [3.8, 4) is 0 Å². The topological polar surface area (TPSA) is 24.1 Å². The Labute approximate surface area is 87.2 Å². The second kappa shape index (κ2) is 5.52. The second-order valence-corrected chi connectivity index (χ2v) is 4.53. The van der Waals surface area contributed by atoms with E-state index in [2.05, 4.69) is 16.7 Å². The minimum Gasteiger partial charge on any atom is -0.313 e. The van der Waals surface area contributed by atoms with E-state index in [1.54, 1.807) is 5.57 Å². The van der Waals surface area contributed by atoms with Gasteiger partial charge in [0.15, 0.2) is 0 Å². The Morgan fingerprint density at radius 1 is 1.36 bits per heavy atom. The number of hydrogen-bond acceptors (Lipinski definition) is 2. The maximum absolute atomic E-state index is 3.57. The van der Waals surface area contributed by atoms with Crippen LogP contribution in [-0.4, -0.2) is 25.7 Å². The molecule has 0 saturated carbocycles. The Morgan fingerprint density at radius 2 is 2.36 bits per heavy atom. The molecule has 0 aromatic heterocycles. The molecule has 0 bridgehead atoms. The van der Waals surface area contributed by atoms with Gasteiger partial charge in [0.05, 0.1) is 0 Å². The standard InChI is InChI=1S/C12H22N2/c1-2-5-11(6-3-1)9-13-10-12-7-4-8-14-12/h5,12-14H,1-4,6-10H2. The summed E-state index contributed by atoms with van der Waals surface area (Å²) in [5.74, 6) is 0. The van der Waals surface area contributed by atoms with E-state index in [9.17, 15) is 0 Å². The first-order valence-electron chi connectivity index (χ1n) is 6.07. The third-order valence-corrected chi connectivity index (χ3v) is 3.29. The summed E-state index contributed by atoms with van der Waals surface area (Å²) >= 11 is 0. The van der Waals surface area contributed by atoms with E-state index in [4.69, 9.17) is 0 Å². The van der Waals surface area contributed by atoms with Crippen LogP contribution in [0.25, 0.3) is 0 Å². The van der Waals surface area contributed by atoms with Crippen molar-refractivity contribution in [2.75, 3.05) is 19.6 Å². The number of allylic oxidation sites excluding steroid dienone is 1. The average Bonchev–Trinajstić information content (AvgIpc) is 2.72. The normalized spacial score (nSPS) is 27.7. The molecule has 0 radical (unpaired) electrons. The van der Waals surface area contributed by atoms with Gasteiger partial charge in [-0.25, -0.2) is 0 Å². The molecule has 2 N–H and O–H groups in total. The molecule has 2 rings (SSSR count). The molecule has 2 aliphatic rings. The largest absolute Gasteiger partial charge is 0.313 e. The van der Waals surface area contributed by atoms with Crippen molar-refractivity contribution in [2.24, 2.45) is 0 Å². The molecular weight excluding hydrogens is 172 g/mol. The van der Waals surface area contributed by atoms with Crippen LogP contribution in [0.15, 0.2) is 11.6 Å². The van der Waals surface area contributed by atoms with Crippen LogP contribution in [0.5, 0.6) is 0 Å². The average molecular weight is 194 g/mol. The molecule has 1 unspecified atom stereocenters. The highest BCUT2D eigenvalue weighted by Gasteiger charge is 2.13. The summed E-state index contributed by atoms with van der Waals surface area (Å²) in [5.41, 5.74) is 1.63. The summed E-state index contributed by atoms with van der Waals surface area (Å²) in [6.45, 7) is 3.49. The summed E-state index contributed by atoms with van der Waals surface area (Å²) < 4.78 is 0. The molecule has 1 aliphatic carbocycles. The summed E-state index contributed by atoms with van der Waals surface area (Å²) in [5, 5.41) is 7.08. The number of hydrogen-bond donors (Lipinski definition) is 2. The lowest BCUT2D eigenvalue weighted by Crippen LogP contribution is -2.34. The van der Waals surface area contributed by atoms with Crippen molar-refractivity contribution in [3.63, 3.8) is 0 Å². The molecule has 14 heavy (non-hydrogen) atoms. The van der Waals surface area contributed by atoms with Crippen LogP contribution in [0, 0.1) is 0 Å². The highest BCUT2D eigenvalue weighted by Crippen LogP contribution is 2.16. The zero-order valence-corrected chi connectivity index (χ0v) is 9.02. The van der Waals surface area contributed by atoms with Crippen molar-refractivity contribution >= 4 is 0 Å². The Balaban J connectivity index is 1.59. The van der Waals surface area contributed by atoms with Gasteiger partial charge in [0.1, 0.15) is 0 Å². The van der Waals surface area contributed by atoms with Crippen LogP contribution < -0.4 is 10.6 Å². The zero-order valence-electron chi connectivity index (χ0n) is 9.02. The summed E-state index contributed by atoms with van der Waals surface area (Å²) in [6, 6.07) is 0.735. The van der Waals surface area contributed by atoms with Gasteiger partial charge in [-0.3, -0.25) is 0 Å². The fourth-order valence-corrected chi connectivity index (χ4v) is 2.40. The fraction of sp³-hybridized carbons (Fsp3) is 0.833. The molecule has 0 amide bonds. The first-order chi connectivity index (χ1) is 6.95. The zero-order chi connectivity index (χ0) is 9.64. The smallest absolute Gasteiger partial charge is 0.0193 e. The fourth-order valence-electron chi connectivity index (χ4n) is 2.40. The van der Waals surface area contributed by atoms with Gasteiger partial charge in [0.25, 0.3) is 0 Å². The first kappa shape index (κ1) is 10.2. The molecule has 1 aliphatic heterocycles.